The molecular formula is C22H20N2O3S. The molecule has 3 aromatic rings. The van der Waals surface area contributed by atoms with Gasteiger partial charge in [0.25, 0.3) is 5.91 Å². The Balaban J connectivity index is 1.59. The molecule has 0 spiro atoms. The Hall–Kier alpha value is -2.99. The van der Waals surface area contributed by atoms with E-state index in [4.69, 9.17) is 10.2 Å². The molecule has 0 fully saturated rings. The summed E-state index contributed by atoms with van der Waals surface area (Å²) in [6.07, 6.45) is 5.71. The van der Waals surface area contributed by atoms with Crippen molar-refractivity contribution in [2.75, 3.05) is 0 Å². The summed E-state index contributed by atoms with van der Waals surface area (Å²) in [5.41, 5.74) is 8.79. The monoisotopic (exact) mass is 392 g/mol. The number of carbonyl (C=O) groups is 2. The fourth-order valence-corrected chi connectivity index (χ4v) is 4.70. The second-order valence-electron chi connectivity index (χ2n) is 6.85. The molecular weight excluding hydrogens is 372 g/mol. The number of rotatable bonds is 5. The first kappa shape index (κ1) is 18.4. The van der Waals surface area contributed by atoms with E-state index in [0.717, 1.165) is 36.8 Å². The molecule has 0 bridgehead atoms. The van der Waals surface area contributed by atoms with Crippen molar-refractivity contribution in [2.24, 2.45) is 10.7 Å². The Kier molecular flexibility index (Phi) is 4.96. The molecule has 1 aromatic carbocycles. The van der Waals surface area contributed by atoms with E-state index in [2.05, 4.69) is 4.99 Å². The molecule has 1 aliphatic rings. The lowest BCUT2D eigenvalue weighted by molar-refractivity contribution is 0.0996. The van der Waals surface area contributed by atoms with Crippen molar-refractivity contribution in [3.05, 3.63) is 63.7 Å². The summed E-state index contributed by atoms with van der Waals surface area (Å²) in [4.78, 5) is 29.1. The maximum Gasteiger partial charge on any atom is 0.252 e. The first-order valence-corrected chi connectivity index (χ1v) is 10.0. The van der Waals surface area contributed by atoms with Crippen molar-refractivity contribution >= 4 is 34.2 Å². The molecule has 0 aliphatic heterocycles. The van der Waals surface area contributed by atoms with Crippen LogP contribution in [0.5, 0.6) is 0 Å². The van der Waals surface area contributed by atoms with Gasteiger partial charge in [-0.25, -0.2) is 4.99 Å². The Bertz CT molecular complexity index is 1070. The van der Waals surface area contributed by atoms with Crippen molar-refractivity contribution in [3.63, 3.8) is 0 Å². The predicted octanol–water partition coefficient (Wildman–Crippen LogP) is 4.94. The molecule has 2 heterocycles. The molecule has 5 nitrogen and oxygen atoms in total. The quantitative estimate of drug-likeness (QED) is 0.493. The summed E-state index contributed by atoms with van der Waals surface area (Å²) in [6, 6.07) is 11.0. The summed E-state index contributed by atoms with van der Waals surface area (Å²) >= 11 is 1.54. The van der Waals surface area contributed by atoms with Gasteiger partial charge in [0.15, 0.2) is 5.78 Å². The minimum atomic E-state index is -0.419. The number of nitrogens with zero attached hydrogens (tertiary/aromatic N) is 1. The Morgan fingerprint density at radius 2 is 1.86 bits per heavy atom. The van der Waals surface area contributed by atoms with Crippen molar-refractivity contribution in [3.8, 4) is 11.3 Å². The lowest BCUT2D eigenvalue weighted by Gasteiger charge is -2.10. The zero-order valence-electron chi connectivity index (χ0n) is 15.5. The number of ketones is 1. The van der Waals surface area contributed by atoms with Gasteiger partial charge in [-0.2, -0.15) is 0 Å². The van der Waals surface area contributed by atoms with Gasteiger partial charge in [0, 0.05) is 16.0 Å². The summed E-state index contributed by atoms with van der Waals surface area (Å²) in [6.45, 7) is 1.54. The predicted molar refractivity (Wildman–Crippen MR) is 111 cm³/mol. The van der Waals surface area contributed by atoms with Gasteiger partial charge in [0.1, 0.15) is 16.5 Å². The van der Waals surface area contributed by atoms with Gasteiger partial charge in [-0.05, 0) is 50.3 Å². The number of amides is 1. The molecule has 0 saturated heterocycles. The number of furan rings is 1. The van der Waals surface area contributed by atoms with E-state index in [0.29, 0.717) is 27.6 Å². The Morgan fingerprint density at radius 3 is 2.57 bits per heavy atom. The molecule has 6 heteroatoms. The molecule has 0 radical (unpaired) electrons. The molecule has 2 aromatic heterocycles. The Labute approximate surface area is 166 Å². The van der Waals surface area contributed by atoms with Crippen LogP contribution in [-0.2, 0) is 12.8 Å². The molecule has 0 atom stereocenters. The topological polar surface area (TPSA) is 85.7 Å². The van der Waals surface area contributed by atoms with Crippen LogP contribution >= 0.6 is 11.3 Å². The first-order valence-electron chi connectivity index (χ1n) is 9.22. The van der Waals surface area contributed by atoms with E-state index < -0.39 is 5.91 Å². The third-order valence-electron chi connectivity index (χ3n) is 4.91. The number of hydrogen-bond donors (Lipinski definition) is 1. The standard InChI is InChI=1S/C22H20N2O3S/c1-13(25)14-6-8-15(9-7-14)18-11-10-16(27-18)12-24-22-20(21(23)26)17-4-2-3-5-19(17)28-22/h6-12H,2-5H2,1H3,(H2,23,26). The van der Waals surface area contributed by atoms with Crippen molar-refractivity contribution in [1.29, 1.82) is 0 Å². The third kappa shape index (κ3) is 3.55. The van der Waals surface area contributed by atoms with Crippen LogP contribution in [-0.4, -0.2) is 17.9 Å². The van der Waals surface area contributed by atoms with Crippen LogP contribution in [0, 0.1) is 0 Å². The molecule has 1 aliphatic carbocycles. The largest absolute Gasteiger partial charge is 0.455 e. The molecule has 0 unspecified atom stereocenters. The number of aryl methyl sites for hydroxylation is 1. The maximum absolute atomic E-state index is 11.9. The zero-order valence-corrected chi connectivity index (χ0v) is 16.3. The molecule has 4 rings (SSSR count). The first-order chi connectivity index (χ1) is 13.5. The minimum absolute atomic E-state index is 0.0303. The highest BCUT2D eigenvalue weighted by molar-refractivity contribution is 7.16. The highest BCUT2D eigenvalue weighted by atomic mass is 32.1. The van der Waals surface area contributed by atoms with Crippen LogP contribution in [0.25, 0.3) is 11.3 Å². The molecule has 142 valence electrons. The van der Waals surface area contributed by atoms with E-state index in [1.807, 2.05) is 24.3 Å². The normalized spacial score (nSPS) is 13.6. The number of fused-ring (bicyclic) bond motifs is 1. The van der Waals surface area contributed by atoms with Crippen LogP contribution in [0.1, 0.15) is 56.7 Å². The SMILES string of the molecule is CC(=O)c1ccc(-c2ccc(C=Nc3sc4c(c3C(N)=O)CCCC4)o2)cc1. The second kappa shape index (κ2) is 7.56. The Morgan fingerprint density at radius 1 is 1.11 bits per heavy atom. The fourth-order valence-electron chi connectivity index (χ4n) is 3.47. The number of thiophene rings is 1. The average Bonchev–Trinajstić information content (AvgIpc) is 3.30. The van der Waals surface area contributed by atoms with E-state index in [9.17, 15) is 9.59 Å². The van der Waals surface area contributed by atoms with Crippen LogP contribution in [0.2, 0.25) is 0 Å². The van der Waals surface area contributed by atoms with E-state index in [1.54, 1.807) is 36.6 Å². The number of aliphatic imine (C=N–C) groups is 1. The maximum atomic E-state index is 11.9. The van der Waals surface area contributed by atoms with Gasteiger partial charge in [-0.1, -0.05) is 24.3 Å². The van der Waals surface area contributed by atoms with Gasteiger partial charge in [0.2, 0.25) is 0 Å². The van der Waals surface area contributed by atoms with Gasteiger partial charge in [-0.15, -0.1) is 11.3 Å². The lowest BCUT2D eigenvalue weighted by atomic mass is 9.95. The molecule has 2 N–H and O–H groups in total. The van der Waals surface area contributed by atoms with E-state index >= 15 is 0 Å². The van der Waals surface area contributed by atoms with E-state index in [1.165, 1.54) is 4.88 Å². The second-order valence-corrected chi connectivity index (χ2v) is 7.93. The van der Waals surface area contributed by atoms with Crippen molar-refractivity contribution in [1.82, 2.24) is 0 Å². The van der Waals surface area contributed by atoms with E-state index in [-0.39, 0.29) is 5.78 Å². The number of hydrogen-bond acceptors (Lipinski definition) is 5. The zero-order chi connectivity index (χ0) is 19.7. The van der Waals surface area contributed by atoms with Crippen molar-refractivity contribution in [2.45, 2.75) is 32.6 Å². The highest BCUT2D eigenvalue weighted by Gasteiger charge is 2.23. The van der Waals surface area contributed by atoms with Gasteiger partial charge in [0.05, 0.1) is 11.8 Å². The number of Topliss-reactive ketones (excluding diaryl/α,β-unsaturated/α-hetero) is 1. The van der Waals surface area contributed by atoms with Crippen molar-refractivity contribution < 1.29 is 14.0 Å². The number of primary amides is 1. The number of benzene rings is 1. The third-order valence-corrected chi connectivity index (χ3v) is 6.11. The number of nitrogens with two attached hydrogens (primary N) is 1. The van der Waals surface area contributed by atoms with Crippen LogP contribution in [0.4, 0.5) is 5.00 Å². The highest BCUT2D eigenvalue weighted by Crippen LogP contribution is 2.39. The average molecular weight is 392 g/mol. The van der Waals surface area contributed by atoms with Gasteiger partial charge < -0.3 is 10.2 Å². The summed E-state index contributed by atoms with van der Waals surface area (Å²) < 4.78 is 5.85. The minimum Gasteiger partial charge on any atom is -0.455 e. The van der Waals surface area contributed by atoms with Gasteiger partial charge >= 0.3 is 0 Å². The van der Waals surface area contributed by atoms with Crippen LogP contribution in [0.3, 0.4) is 0 Å². The lowest BCUT2D eigenvalue weighted by Crippen LogP contribution is -2.14. The fraction of sp³-hybridized carbons (Fsp3) is 0.227. The summed E-state index contributed by atoms with van der Waals surface area (Å²) in [7, 11) is 0. The summed E-state index contributed by atoms with van der Waals surface area (Å²) in [5.74, 6) is 0.893. The van der Waals surface area contributed by atoms with Crippen LogP contribution in [0.15, 0.2) is 45.8 Å². The summed E-state index contributed by atoms with van der Waals surface area (Å²) in [5, 5.41) is 0.656. The molecule has 28 heavy (non-hydrogen) atoms. The molecule has 1 amide bonds. The van der Waals surface area contributed by atoms with Crippen LogP contribution < -0.4 is 5.73 Å². The number of carbonyl (C=O) groups excluding carboxylic acids is 2. The van der Waals surface area contributed by atoms with Gasteiger partial charge in [-0.3, -0.25) is 9.59 Å². The molecule has 0 saturated carbocycles. The smallest absolute Gasteiger partial charge is 0.252 e.